The van der Waals surface area contributed by atoms with Crippen molar-refractivity contribution in [3.63, 3.8) is 0 Å². The van der Waals surface area contributed by atoms with Crippen LogP contribution in [-0.4, -0.2) is 16.7 Å². The molecule has 1 aromatic rings. The third-order valence-electron chi connectivity index (χ3n) is 3.03. The molecule has 4 heteroatoms. The Morgan fingerprint density at radius 3 is 2.83 bits per heavy atom. The number of fused-ring (bicyclic) bond motifs is 1. The maximum Gasteiger partial charge on any atom is 0.237 e. The van der Waals surface area contributed by atoms with Crippen molar-refractivity contribution in [3.05, 3.63) is 23.8 Å². The van der Waals surface area contributed by atoms with Crippen LogP contribution >= 0.6 is 11.8 Å². The van der Waals surface area contributed by atoms with Crippen molar-refractivity contribution in [3.8, 4) is 0 Å². The molecule has 1 aliphatic heterocycles. The van der Waals surface area contributed by atoms with Gasteiger partial charge in [0.15, 0.2) is 0 Å². The summed E-state index contributed by atoms with van der Waals surface area (Å²) in [5.74, 6) is 0.0864. The van der Waals surface area contributed by atoms with Crippen molar-refractivity contribution in [2.45, 2.75) is 49.3 Å². The zero-order valence-corrected chi connectivity index (χ0v) is 11.9. The van der Waals surface area contributed by atoms with E-state index in [0.717, 1.165) is 23.4 Å². The molecule has 0 saturated carbocycles. The molecule has 98 valence electrons. The Kier molecular flexibility index (Phi) is 3.69. The largest absolute Gasteiger partial charge is 0.326 e. The lowest BCUT2D eigenvalue weighted by molar-refractivity contribution is -0.115. The van der Waals surface area contributed by atoms with E-state index < -0.39 is 0 Å². The first-order chi connectivity index (χ1) is 8.35. The molecule has 0 fully saturated rings. The molecule has 18 heavy (non-hydrogen) atoms. The average molecular weight is 264 g/mol. The van der Waals surface area contributed by atoms with Gasteiger partial charge in [0.2, 0.25) is 5.91 Å². The molecule has 3 nitrogen and oxygen atoms in total. The second-order valence-electron chi connectivity index (χ2n) is 5.57. The highest BCUT2D eigenvalue weighted by atomic mass is 32.2. The van der Waals surface area contributed by atoms with Gasteiger partial charge in [0, 0.05) is 10.4 Å². The predicted octanol–water partition coefficient (Wildman–Crippen LogP) is 2.79. The topological polar surface area (TPSA) is 55.1 Å². The zero-order chi connectivity index (χ0) is 13.3. The lowest BCUT2D eigenvalue weighted by Crippen LogP contribution is -2.32. The molecular formula is C14H20N2OS. The van der Waals surface area contributed by atoms with Crippen LogP contribution in [-0.2, 0) is 11.2 Å². The van der Waals surface area contributed by atoms with Crippen LogP contribution in [0.25, 0.3) is 0 Å². The smallest absolute Gasteiger partial charge is 0.237 e. The van der Waals surface area contributed by atoms with Crippen LogP contribution in [0.4, 0.5) is 5.69 Å². The van der Waals surface area contributed by atoms with Crippen LogP contribution in [0.1, 0.15) is 32.8 Å². The molecule has 0 spiro atoms. The number of amides is 1. The summed E-state index contributed by atoms with van der Waals surface area (Å²) in [6, 6.07) is 6.23. The summed E-state index contributed by atoms with van der Waals surface area (Å²) in [6.45, 7) is 6.02. The van der Waals surface area contributed by atoms with E-state index in [2.05, 4.69) is 17.4 Å². The third-order valence-corrected chi connectivity index (χ3v) is 4.19. The van der Waals surface area contributed by atoms with Crippen LogP contribution in [0.15, 0.2) is 23.1 Å². The highest BCUT2D eigenvalue weighted by Crippen LogP contribution is 2.36. The SMILES string of the molecule is CC1Sc2cc(CCC(C)(C)N)ccc2NC1=O. The Morgan fingerprint density at radius 1 is 1.44 bits per heavy atom. The van der Waals surface area contributed by atoms with Crippen molar-refractivity contribution < 1.29 is 4.79 Å². The standard InChI is InChI=1S/C14H20N2OS/c1-9-13(17)16-11-5-4-10(8-12(11)18-9)6-7-14(2,3)15/h4-5,8-9H,6-7,15H2,1-3H3,(H,16,17). The molecule has 0 radical (unpaired) electrons. The van der Waals surface area contributed by atoms with Gasteiger partial charge in [-0.3, -0.25) is 4.79 Å². The summed E-state index contributed by atoms with van der Waals surface area (Å²) in [5, 5.41) is 2.91. The monoisotopic (exact) mass is 264 g/mol. The van der Waals surface area contributed by atoms with Gasteiger partial charge in [-0.2, -0.15) is 0 Å². The number of nitrogens with two attached hydrogens (primary N) is 1. The quantitative estimate of drug-likeness (QED) is 0.882. The number of carbonyl (C=O) groups is 1. The minimum absolute atomic E-state index is 0.0151. The summed E-state index contributed by atoms with van der Waals surface area (Å²) in [6.07, 6.45) is 1.93. The van der Waals surface area contributed by atoms with Crippen molar-refractivity contribution in [1.82, 2.24) is 0 Å². The van der Waals surface area contributed by atoms with E-state index in [-0.39, 0.29) is 16.7 Å². The van der Waals surface area contributed by atoms with Crippen molar-refractivity contribution >= 4 is 23.4 Å². The molecular weight excluding hydrogens is 244 g/mol. The summed E-state index contributed by atoms with van der Waals surface area (Å²) in [7, 11) is 0. The molecule has 0 bridgehead atoms. The second-order valence-corrected chi connectivity index (χ2v) is 6.95. The van der Waals surface area contributed by atoms with Gasteiger partial charge in [0.25, 0.3) is 0 Å². The molecule has 0 aliphatic carbocycles. The highest BCUT2D eigenvalue weighted by molar-refractivity contribution is 8.00. The lowest BCUT2D eigenvalue weighted by Gasteiger charge is -2.23. The molecule has 1 amide bonds. The Balaban J connectivity index is 2.13. The van der Waals surface area contributed by atoms with E-state index >= 15 is 0 Å². The summed E-state index contributed by atoms with van der Waals surface area (Å²) >= 11 is 1.62. The van der Waals surface area contributed by atoms with Gasteiger partial charge >= 0.3 is 0 Å². The van der Waals surface area contributed by atoms with Gasteiger partial charge in [0.05, 0.1) is 10.9 Å². The molecule has 1 atom stereocenters. The van der Waals surface area contributed by atoms with Gasteiger partial charge in [0.1, 0.15) is 0 Å². The highest BCUT2D eigenvalue weighted by Gasteiger charge is 2.23. The number of aryl methyl sites for hydroxylation is 1. The summed E-state index contributed by atoms with van der Waals surface area (Å²) in [5.41, 5.74) is 8.07. The maximum absolute atomic E-state index is 11.6. The van der Waals surface area contributed by atoms with Crippen LogP contribution in [0.2, 0.25) is 0 Å². The number of hydrogen-bond donors (Lipinski definition) is 2. The Morgan fingerprint density at radius 2 is 2.17 bits per heavy atom. The maximum atomic E-state index is 11.6. The third kappa shape index (κ3) is 3.27. The van der Waals surface area contributed by atoms with Crippen LogP contribution in [0, 0.1) is 0 Å². The number of anilines is 1. The molecule has 2 rings (SSSR count). The van der Waals surface area contributed by atoms with Gasteiger partial charge in [-0.05, 0) is 51.3 Å². The normalized spacial score (nSPS) is 19.3. The fourth-order valence-corrected chi connectivity index (χ4v) is 2.88. The zero-order valence-electron chi connectivity index (χ0n) is 11.1. The first-order valence-electron chi connectivity index (χ1n) is 6.24. The fraction of sp³-hybridized carbons (Fsp3) is 0.500. The molecule has 1 unspecified atom stereocenters. The molecule has 3 N–H and O–H groups in total. The van der Waals surface area contributed by atoms with Crippen molar-refractivity contribution in [1.29, 1.82) is 0 Å². The number of thioether (sulfide) groups is 1. The molecule has 1 aromatic carbocycles. The van der Waals surface area contributed by atoms with Crippen LogP contribution in [0.5, 0.6) is 0 Å². The minimum Gasteiger partial charge on any atom is -0.326 e. The second kappa shape index (κ2) is 4.94. The minimum atomic E-state index is -0.134. The number of nitrogens with one attached hydrogen (secondary N) is 1. The number of carbonyl (C=O) groups excluding carboxylic acids is 1. The lowest BCUT2D eigenvalue weighted by atomic mass is 9.96. The first kappa shape index (κ1) is 13.4. The Hall–Kier alpha value is -1.00. The van der Waals surface area contributed by atoms with Gasteiger partial charge in [-0.15, -0.1) is 11.8 Å². The number of hydrogen-bond acceptors (Lipinski definition) is 3. The van der Waals surface area contributed by atoms with Crippen LogP contribution in [0.3, 0.4) is 0 Å². The number of rotatable bonds is 3. The summed E-state index contributed by atoms with van der Waals surface area (Å²) < 4.78 is 0. The Labute approximate surface area is 113 Å². The molecule has 1 aliphatic rings. The predicted molar refractivity (Wildman–Crippen MR) is 77.0 cm³/mol. The molecule has 0 saturated heterocycles. The van der Waals surface area contributed by atoms with Gasteiger partial charge in [-0.25, -0.2) is 0 Å². The van der Waals surface area contributed by atoms with E-state index in [1.165, 1.54) is 5.56 Å². The van der Waals surface area contributed by atoms with Crippen molar-refractivity contribution in [2.75, 3.05) is 5.32 Å². The van der Waals surface area contributed by atoms with Gasteiger partial charge in [-0.1, -0.05) is 6.07 Å². The van der Waals surface area contributed by atoms with E-state index in [1.54, 1.807) is 11.8 Å². The van der Waals surface area contributed by atoms with E-state index in [9.17, 15) is 4.79 Å². The van der Waals surface area contributed by atoms with E-state index in [0.29, 0.717) is 0 Å². The van der Waals surface area contributed by atoms with Gasteiger partial charge < -0.3 is 11.1 Å². The molecule has 0 aromatic heterocycles. The van der Waals surface area contributed by atoms with E-state index in [4.69, 9.17) is 5.73 Å². The summed E-state index contributed by atoms with van der Waals surface area (Å²) in [4.78, 5) is 12.7. The molecule has 1 heterocycles. The van der Waals surface area contributed by atoms with Crippen molar-refractivity contribution in [2.24, 2.45) is 5.73 Å². The number of benzene rings is 1. The van der Waals surface area contributed by atoms with E-state index in [1.807, 2.05) is 26.8 Å². The Bertz CT molecular complexity index is 465. The fourth-order valence-electron chi connectivity index (χ4n) is 1.87. The van der Waals surface area contributed by atoms with Crippen LogP contribution < -0.4 is 11.1 Å². The first-order valence-corrected chi connectivity index (χ1v) is 7.12. The average Bonchev–Trinajstić information content (AvgIpc) is 2.27.